The maximum atomic E-state index is 12.8. The molecule has 2 unspecified atom stereocenters. The summed E-state index contributed by atoms with van der Waals surface area (Å²) in [5, 5.41) is 1.34. The summed E-state index contributed by atoms with van der Waals surface area (Å²) in [6, 6.07) is 5.70. The Morgan fingerprint density at radius 2 is 1.92 bits per heavy atom. The van der Waals surface area contributed by atoms with Gasteiger partial charge in [0.2, 0.25) is 5.91 Å². The van der Waals surface area contributed by atoms with E-state index in [1.165, 1.54) is 0 Å². The van der Waals surface area contributed by atoms with Crippen molar-refractivity contribution >= 4 is 29.1 Å². The van der Waals surface area contributed by atoms with Gasteiger partial charge in [0, 0.05) is 28.8 Å². The largest absolute Gasteiger partial charge is 0.311 e. The van der Waals surface area contributed by atoms with Crippen LogP contribution in [0.4, 0.5) is 0 Å². The van der Waals surface area contributed by atoms with Crippen LogP contribution in [-0.4, -0.2) is 41.4 Å². The molecule has 5 heteroatoms. The van der Waals surface area contributed by atoms with E-state index in [-0.39, 0.29) is 11.9 Å². The highest BCUT2D eigenvalue weighted by Crippen LogP contribution is 2.34. The lowest BCUT2D eigenvalue weighted by Gasteiger charge is -2.24. The third-order valence-electron chi connectivity index (χ3n) is 5.01. The van der Waals surface area contributed by atoms with Crippen LogP contribution in [0.15, 0.2) is 42.6 Å². The lowest BCUT2D eigenvalue weighted by molar-refractivity contribution is -0.130. The molecule has 0 radical (unpaired) electrons. The monoisotopic (exact) mass is 364 g/mol. The number of benzene rings is 1. The molecule has 24 heavy (non-hydrogen) atoms. The van der Waals surface area contributed by atoms with Gasteiger partial charge < -0.3 is 4.90 Å². The molecule has 0 aromatic heterocycles. The van der Waals surface area contributed by atoms with Crippen LogP contribution in [0.5, 0.6) is 0 Å². The van der Waals surface area contributed by atoms with E-state index in [1.807, 2.05) is 30.0 Å². The van der Waals surface area contributed by atoms with Crippen molar-refractivity contribution in [2.24, 2.45) is 0 Å². The number of hydrogen-bond acceptors (Lipinski definition) is 2. The quantitative estimate of drug-likeness (QED) is 0.735. The average molecular weight is 365 g/mol. The van der Waals surface area contributed by atoms with Crippen molar-refractivity contribution in [2.45, 2.75) is 31.7 Å². The van der Waals surface area contributed by atoms with Crippen molar-refractivity contribution in [3.63, 3.8) is 0 Å². The Hall–Kier alpha value is -1.29. The second-order valence-electron chi connectivity index (χ2n) is 6.40. The molecule has 2 heterocycles. The minimum Gasteiger partial charge on any atom is -0.311 e. The number of carbonyl (C=O) groups is 1. The first-order valence-electron chi connectivity index (χ1n) is 8.33. The first-order chi connectivity index (χ1) is 11.5. The summed E-state index contributed by atoms with van der Waals surface area (Å²) in [7, 11) is 0. The number of amides is 1. The first kappa shape index (κ1) is 17.5. The van der Waals surface area contributed by atoms with Crippen molar-refractivity contribution in [3.8, 4) is 0 Å². The van der Waals surface area contributed by atoms with Gasteiger partial charge in [-0.15, -0.1) is 0 Å². The molecule has 2 saturated heterocycles. The van der Waals surface area contributed by atoms with Crippen molar-refractivity contribution in [2.75, 3.05) is 19.6 Å². The molecule has 2 aliphatic heterocycles. The molecule has 2 fully saturated rings. The summed E-state index contributed by atoms with van der Waals surface area (Å²) in [5.41, 5.74) is 2.07. The van der Waals surface area contributed by atoms with Crippen LogP contribution in [0.3, 0.4) is 0 Å². The molecule has 0 saturated carbocycles. The van der Waals surface area contributed by atoms with Gasteiger partial charge in [0.25, 0.3) is 0 Å². The van der Waals surface area contributed by atoms with Gasteiger partial charge in [-0.05, 0) is 62.1 Å². The first-order valence-corrected chi connectivity index (χ1v) is 9.09. The SMILES string of the molecule is C=CC(=CC)N1CCC(N2CCC(c3cc(Cl)cc(Cl)c3)C2)C1=O. The van der Waals surface area contributed by atoms with Gasteiger partial charge in [-0.2, -0.15) is 0 Å². The Balaban J connectivity index is 1.70. The van der Waals surface area contributed by atoms with E-state index in [9.17, 15) is 4.79 Å². The van der Waals surface area contributed by atoms with E-state index in [4.69, 9.17) is 23.2 Å². The highest BCUT2D eigenvalue weighted by molar-refractivity contribution is 6.34. The standard InChI is InChI=1S/C19H22Cl2N2O/c1-3-17(4-2)23-8-6-18(19(23)24)22-7-5-13(12-22)14-9-15(20)11-16(21)10-14/h3-4,9-11,13,18H,1,5-8,12H2,2H3. The second-order valence-corrected chi connectivity index (χ2v) is 7.27. The Labute approximate surface area is 153 Å². The summed E-state index contributed by atoms with van der Waals surface area (Å²) in [4.78, 5) is 16.9. The maximum Gasteiger partial charge on any atom is 0.244 e. The van der Waals surface area contributed by atoms with Gasteiger partial charge >= 0.3 is 0 Å². The van der Waals surface area contributed by atoms with Crippen LogP contribution in [-0.2, 0) is 4.79 Å². The predicted octanol–water partition coefficient (Wildman–Crippen LogP) is 4.47. The number of allylic oxidation sites excluding steroid dienone is 2. The van der Waals surface area contributed by atoms with Crippen molar-refractivity contribution < 1.29 is 4.79 Å². The Morgan fingerprint density at radius 3 is 2.54 bits per heavy atom. The molecular weight excluding hydrogens is 343 g/mol. The Bertz CT molecular complexity index is 666. The molecule has 128 valence electrons. The van der Waals surface area contributed by atoms with E-state index in [0.29, 0.717) is 16.0 Å². The van der Waals surface area contributed by atoms with Gasteiger partial charge in [0.05, 0.1) is 6.04 Å². The number of hydrogen-bond donors (Lipinski definition) is 0. The summed E-state index contributed by atoms with van der Waals surface area (Å²) in [6.45, 7) is 8.31. The number of nitrogens with zero attached hydrogens (tertiary/aromatic N) is 2. The fourth-order valence-electron chi connectivity index (χ4n) is 3.80. The minimum absolute atomic E-state index is 0.0282. The van der Waals surface area contributed by atoms with Crippen LogP contribution in [0.25, 0.3) is 0 Å². The van der Waals surface area contributed by atoms with Crippen LogP contribution in [0.1, 0.15) is 31.2 Å². The number of likely N-dealkylation sites (tertiary alicyclic amines) is 2. The molecule has 3 rings (SSSR count). The van der Waals surface area contributed by atoms with Crippen LogP contribution in [0.2, 0.25) is 10.0 Å². The molecule has 0 bridgehead atoms. The van der Waals surface area contributed by atoms with Gasteiger partial charge in [-0.1, -0.05) is 35.9 Å². The van der Waals surface area contributed by atoms with Gasteiger partial charge in [0.15, 0.2) is 0 Å². The van der Waals surface area contributed by atoms with Gasteiger partial charge in [-0.3, -0.25) is 9.69 Å². The normalized spacial score (nSPS) is 25.5. The molecule has 0 aliphatic carbocycles. The zero-order valence-corrected chi connectivity index (χ0v) is 15.4. The third-order valence-corrected chi connectivity index (χ3v) is 5.45. The highest BCUT2D eigenvalue weighted by Gasteiger charge is 2.39. The van der Waals surface area contributed by atoms with E-state index >= 15 is 0 Å². The zero-order valence-electron chi connectivity index (χ0n) is 13.8. The molecular formula is C19H22Cl2N2O. The molecule has 3 nitrogen and oxygen atoms in total. The molecule has 1 amide bonds. The molecule has 1 aromatic carbocycles. The van der Waals surface area contributed by atoms with Gasteiger partial charge in [-0.25, -0.2) is 0 Å². The smallest absolute Gasteiger partial charge is 0.244 e. The maximum absolute atomic E-state index is 12.8. The van der Waals surface area contributed by atoms with Crippen LogP contribution in [0, 0.1) is 0 Å². The average Bonchev–Trinajstić information content (AvgIpc) is 3.15. The molecule has 1 aromatic rings. The van der Waals surface area contributed by atoms with Crippen LogP contribution < -0.4 is 0 Å². The Morgan fingerprint density at radius 1 is 1.21 bits per heavy atom. The third kappa shape index (κ3) is 3.39. The lowest BCUT2D eigenvalue weighted by Crippen LogP contribution is -2.40. The Kier molecular flexibility index (Phi) is 5.33. The second kappa shape index (κ2) is 7.30. The van der Waals surface area contributed by atoms with E-state index in [2.05, 4.69) is 11.5 Å². The van der Waals surface area contributed by atoms with Crippen molar-refractivity contribution in [1.29, 1.82) is 0 Å². The number of halogens is 2. The van der Waals surface area contributed by atoms with Crippen molar-refractivity contribution in [3.05, 3.63) is 58.2 Å². The summed E-state index contributed by atoms with van der Waals surface area (Å²) in [5.74, 6) is 0.566. The molecule has 0 spiro atoms. The number of carbonyl (C=O) groups excluding carboxylic acids is 1. The minimum atomic E-state index is -0.0282. The zero-order chi connectivity index (χ0) is 17.3. The van der Waals surface area contributed by atoms with E-state index in [1.54, 1.807) is 12.1 Å². The summed E-state index contributed by atoms with van der Waals surface area (Å²) in [6.07, 6.45) is 5.58. The highest BCUT2D eigenvalue weighted by atomic mass is 35.5. The summed E-state index contributed by atoms with van der Waals surface area (Å²) >= 11 is 12.3. The van der Waals surface area contributed by atoms with Crippen LogP contribution >= 0.6 is 23.2 Å². The summed E-state index contributed by atoms with van der Waals surface area (Å²) < 4.78 is 0. The van der Waals surface area contributed by atoms with Gasteiger partial charge in [0.1, 0.15) is 0 Å². The number of rotatable bonds is 4. The topological polar surface area (TPSA) is 23.6 Å². The van der Waals surface area contributed by atoms with E-state index in [0.717, 1.165) is 43.7 Å². The lowest BCUT2D eigenvalue weighted by atomic mass is 9.98. The van der Waals surface area contributed by atoms with Crippen molar-refractivity contribution in [1.82, 2.24) is 9.80 Å². The molecule has 2 aliphatic rings. The molecule has 2 atom stereocenters. The fourth-order valence-corrected chi connectivity index (χ4v) is 4.34. The predicted molar refractivity (Wildman–Crippen MR) is 99.5 cm³/mol. The van der Waals surface area contributed by atoms with E-state index < -0.39 is 0 Å². The fraction of sp³-hybridized carbons (Fsp3) is 0.421. The molecule has 0 N–H and O–H groups in total.